The van der Waals surface area contributed by atoms with E-state index in [1.807, 2.05) is 42.5 Å². The molecule has 136 valence electrons. The lowest BCUT2D eigenvalue weighted by Gasteiger charge is -2.08. The Morgan fingerprint density at radius 2 is 1.70 bits per heavy atom. The Morgan fingerprint density at radius 3 is 2.41 bits per heavy atom. The number of rotatable bonds is 5. The van der Waals surface area contributed by atoms with Crippen LogP contribution in [0.15, 0.2) is 77.7 Å². The fourth-order valence-electron chi connectivity index (χ4n) is 2.91. The maximum atomic E-state index is 12.7. The highest BCUT2D eigenvalue weighted by Crippen LogP contribution is 2.24. The molecule has 0 atom stereocenters. The van der Waals surface area contributed by atoms with Gasteiger partial charge in [-0.2, -0.15) is 0 Å². The van der Waals surface area contributed by atoms with Crippen LogP contribution in [-0.4, -0.2) is 18.4 Å². The summed E-state index contributed by atoms with van der Waals surface area (Å²) in [6, 6.07) is 22.0. The Balaban J connectivity index is 1.66. The van der Waals surface area contributed by atoms with Crippen LogP contribution in [0.5, 0.6) is 0 Å². The molecule has 0 aliphatic carbocycles. The molecule has 4 rings (SSSR count). The lowest BCUT2D eigenvalue weighted by Crippen LogP contribution is -2.12. The van der Waals surface area contributed by atoms with Crippen molar-refractivity contribution in [3.63, 3.8) is 0 Å². The highest BCUT2D eigenvalue weighted by atomic mass is 32.2. The Bertz CT molecular complexity index is 1180. The zero-order valence-corrected chi connectivity index (χ0v) is 15.6. The fraction of sp³-hybridized carbons (Fsp3) is 0.0952. The van der Waals surface area contributed by atoms with Crippen molar-refractivity contribution in [3.8, 4) is 11.4 Å². The van der Waals surface area contributed by atoms with E-state index in [2.05, 4.69) is 21.6 Å². The molecule has 0 radical (unpaired) electrons. The van der Waals surface area contributed by atoms with Crippen molar-refractivity contribution in [3.05, 3.63) is 78.4 Å². The van der Waals surface area contributed by atoms with Crippen molar-refractivity contribution >= 4 is 26.7 Å². The summed E-state index contributed by atoms with van der Waals surface area (Å²) in [6.45, 7) is 2.06. The van der Waals surface area contributed by atoms with Crippen molar-refractivity contribution < 1.29 is 8.42 Å². The first-order valence-electron chi connectivity index (χ1n) is 8.72. The smallest absolute Gasteiger partial charge is 0.261 e. The quantitative estimate of drug-likeness (QED) is 0.534. The van der Waals surface area contributed by atoms with Crippen molar-refractivity contribution in [2.24, 2.45) is 0 Å². The van der Waals surface area contributed by atoms with Gasteiger partial charge < -0.3 is 4.98 Å². The Labute approximate surface area is 158 Å². The molecule has 6 heteroatoms. The molecule has 0 saturated carbocycles. The predicted octanol–water partition coefficient (Wildman–Crippen LogP) is 4.59. The SMILES string of the molecule is CCc1ccc(NS(=O)(=O)c2ccc3nc(-c4ccccc4)[nH]c3c2)cc1. The van der Waals surface area contributed by atoms with E-state index < -0.39 is 10.0 Å². The molecule has 0 bridgehead atoms. The Kier molecular flexibility index (Phi) is 4.41. The number of aryl methyl sites for hydroxylation is 1. The summed E-state index contributed by atoms with van der Waals surface area (Å²) in [6.07, 6.45) is 0.910. The summed E-state index contributed by atoms with van der Waals surface area (Å²) in [5.74, 6) is 0.711. The highest BCUT2D eigenvalue weighted by molar-refractivity contribution is 7.92. The van der Waals surface area contributed by atoms with Crippen LogP contribution in [0, 0.1) is 0 Å². The monoisotopic (exact) mass is 377 g/mol. The molecule has 4 aromatic rings. The number of H-pyrrole nitrogens is 1. The van der Waals surface area contributed by atoms with Gasteiger partial charge in [-0.05, 0) is 42.3 Å². The van der Waals surface area contributed by atoms with E-state index >= 15 is 0 Å². The van der Waals surface area contributed by atoms with Crippen molar-refractivity contribution in [2.75, 3.05) is 4.72 Å². The number of hydrogen-bond donors (Lipinski definition) is 2. The van der Waals surface area contributed by atoms with Crippen LogP contribution in [0.25, 0.3) is 22.4 Å². The lowest BCUT2D eigenvalue weighted by molar-refractivity contribution is 0.601. The van der Waals surface area contributed by atoms with E-state index in [9.17, 15) is 8.42 Å². The zero-order chi connectivity index (χ0) is 18.9. The van der Waals surface area contributed by atoms with Crippen LogP contribution in [0.1, 0.15) is 12.5 Å². The summed E-state index contributed by atoms with van der Waals surface area (Å²) >= 11 is 0. The summed E-state index contributed by atoms with van der Waals surface area (Å²) in [7, 11) is -3.68. The Hall–Kier alpha value is -3.12. The lowest BCUT2D eigenvalue weighted by atomic mass is 10.2. The third-order valence-electron chi connectivity index (χ3n) is 4.43. The number of fused-ring (bicyclic) bond motifs is 1. The van der Waals surface area contributed by atoms with Crippen molar-refractivity contribution in [2.45, 2.75) is 18.2 Å². The normalized spacial score (nSPS) is 11.6. The molecule has 0 saturated heterocycles. The van der Waals surface area contributed by atoms with Crippen LogP contribution >= 0.6 is 0 Å². The molecule has 0 unspecified atom stereocenters. The van der Waals surface area contributed by atoms with E-state index in [-0.39, 0.29) is 4.90 Å². The maximum Gasteiger partial charge on any atom is 0.261 e. The summed E-state index contributed by atoms with van der Waals surface area (Å²) < 4.78 is 28.1. The fourth-order valence-corrected chi connectivity index (χ4v) is 4.00. The van der Waals surface area contributed by atoms with Gasteiger partial charge in [0.05, 0.1) is 15.9 Å². The van der Waals surface area contributed by atoms with Crippen LogP contribution < -0.4 is 4.72 Å². The van der Waals surface area contributed by atoms with Crippen LogP contribution in [-0.2, 0) is 16.4 Å². The van der Waals surface area contributed by atoms with Gasteiger partial charge in [-0.15, -0.1) is 0 Å². The van der Waals surface area contributed by atoms with Crippen LogP contribution in [0.4, 0.5) is 5.69 Å². The zero-order valence-electron chi connectivity index (χ0n) is 14.8. The molecule has 2 N–H and O–H groups in total. The second-order valence-electron chi connectivity index (χ2n) is 6.29. The topological polar surface area (TPSA) is 74.8 Å². The molecular weight excluding hydrogens is 358 g/mol. The number of nitrogens with one attached hydrogen (secondary N) is 2. The molecule has 3 aromatic carbocycles. The second kappa shape index (κ2) is 6.89. The third-order valence-corrected chi connectivity index (χ3v) is 5.80. The number of hydrogen-bond acceptors (Lipinski definition) is 3. The number of sulfonamides is 1. The number of aromatic nitrogens is 2. The minimum Gasteiger partial charge on any atom is -0.338 e. The van der Waals surface area contributed by atoms with Gasteiger partial charge in [0.1, 0.15) is 5.82 Å². The Morgan fingerprint density at radius 1 is 0.963 bits per heavy atom. The van der Waals surface area contributed by atoms with E-state index in [1.165, 1.54) is 0 Å². The number of anilines is 1. The van der Waals surface area contributed by atoms with Gasteiger partial charge in [-0.25, -0.2) is 13.4 Å². The maximum absolute atomic E-state index is 12.7. The average molecular weight is 377 g/mol. The molecule has 1 aromatic heterocycles. The first kappa shape index (κ1) is 17.3. The molecule has 0 amide bonds. The van der Waals surface area contributed by atoms with E-state index in [4.69, 9.17) is 0 Å². The van der Waals surface area contributed by atoms with Gasteiger partial charge in [0.25, 0.3) is 10.0 Å². The van der Waals surface area contributed by atoms with Gasteiger partial charge in [-0.1, -0.05) is 49.4 Å². The molecule has 1 heterocycles. The number of aromatic amines is 1. The van der Waals surface area contributed by atoms with Crippen LogP contribution in [0.3, 0.4) is 0 Å². The molecule has 0 spiro atoms. The minimum absolute atomic E-state index is 0.192. The molecule has 5 nitrogen and oxygen atoms in total. The number of imidazole rings is 1. The minimum atomic E-state index is -3.68. The number of benzene rings is 3. The summed E-state index contributed by atoms with van der Waals surface area (Å²) in [5, 5.41) is 0. The standard InChI is InChI=1S/C21H19N3O2S/c1-2-15-8-10-17(11-9-15)24-27(25,26)18-12-13-19-20(14-18)23-21(22-19)16-6-4-3-5-7-16/h3-14,24H,2H2,1H3,(H,22,23). The second-order valence-corrected chi connectivity index (χ2v) is 7.97. The largest absolute Gasteiger partial charge is 0.338 e. The van der Waals surface area contributed by atoms with E-state index in [0.29, 0.717) is 17.0 Å². The molecule has 0 fully saturated rings. The first-order chi connectivity index (χ1) is 13.0. The van der Waals surface area contributed by atoms with Crippen LogP contribution in [0.2, 0.25) is 0 Å². The number of nitrogens with zero attached hydrogens (tertiary/aromatic N) is 1. The van der Waals surface area contributed by atoms with E-state index in [0.717, 1.165) is 23.1 Å². The predicted molar refractivity (Wildman–Crippen MR) is 108 cm³/mol. The molecule has 0 aliphatic heterocycles. The summed E-state index contributed by atoms with van der Waals surface area (Å²) in [5.41, 5.74) is 4.05. The molecule has 27 heavy (non-hydrogen) atoms. The molecular formula is C21H19N3O2S. The van der Waals surface area contributed by atoms with Gasteiger partial charge in [0, 0.05) is 11.3 Å². The van der Waals surface area contributed by atoms with Gasteiger partial charge in [0.2, 0.25) is 0 Å². The third kappa shape index (κ3) is 3.57. The highest BCUT2D eigenvalue weighted by Gasteiger charge is 2.16. The first-order valence-corrected chi connectivity index (χ1v) is 10.2. The van der Waals surface area contributed by atoms with Gasteiger partial charge in [-0.3, -0.25) is 4.72 Å². The van der Waals surface area contributed by atoms with Crippen molar-refractivity contribution in [1.82, 2.24) is 9.97 Å². The molecule has 0 aliphatic rings. The van der Waals surface area contributed by atoms with Crippen molar-refractivity contribution in [1.29, 1.82) is 0 Å². The van der Waals surface area contributed by atoms with Gasteiger partial charge >= 0.3 is 0 Å². The van der Waals surface area contributed by atoms with E-state index in [1.54, 1.807) is 30.3 Å². The average Bonchev–Trinajstić information content (AvgIpc) is 3.12. The van der Waals surface area contributed by atoms with Gasteiger partial charge in [0.15, 0.2) is 0 Å². The summed E-state index contributed by atoms with van der Waals surface area (Å²) in [4.78, 5) is 7.93.